The lowest BCUT2D eigenvalue weighted by Gasteiger charge is -2.31. The summed E-state index contributed by atoms with van der Waals surface area (Å²) in [6.45, 7) is 0.678. The maximum atomic E-state index is 13.0. The summed E-state index contributed by atoms with van der Waals surface area (Å²) in [5, 5.41) is 12.2. The molecule has 5 rings (SSSR count). The van der Waals surface area contributed by atoms with Crippen LogP contribution in [0.25, 0.3) is 22.3 Å². The number of carbonyl (C=O) groups is 1. The molecule has 0 saturated heterocycles. The summed E-state index contributed by atoms with van der Waals surface area (Å²) in [6.07, 6.45) is 7.24. The lowest BCUT2D eigenvalue weighted by atomic mass is 9.97. The van der Waals surface area contributed by atoms with Crippen LogP contribution in [0.1, 0.15) is 31.4 Å². The molecule has 0 spiro atoms. The van der Waals surface area contributed by atoms with Crippen LogP contribution in [0.5, 0.6) is 5.75 Å². The van der Waals surface area contributed by atoms with E-state index in [-0.39, 0.29) is 5.91 Å². The molecule has 0 aliphatic heterocycles. The van der Waals surface area contributed by atoms with Crippen molar-refractivity contribution in [3.8, 4) is 28.0 Å². The van der Waals surface area contributed by atoms with Crippen LogP contribution in [0.15, 0.2) is 102 Å². The lowest BCUT2D eigenvalue weighted by Crippen LogP contribution is -2.32. The Balaban J connectivity index is 1.30. The topological polar surface area (TPSA) is 53.4 Å². The summed E-state index contributed by atoms with van der Waals surface area (Å²) in [5.41, 5.74) is 4.74. The fourth-order valence-electron chi connectivity index (χ4n) is 5.16. The van der Waals surface area contributed by atoms with E-state index in [4.69, 9.17) is 0 Å². The molecule has 0 unspecified atom stereocenters. The average molecular weight is 569 g/mol. The van der Waals surface area contributed by atoms with Gasteiger partial charge in [-0.05, 0) is 48.2 Å². The normalized spacial score (nSPS) is 16.9. The molecule has 206 valence electrons. The van der Waals surface area contributed by atoms with E-state index in [1.807, 2.05) is 114 Å². The number of likely N-dealkylation sites (N-methyl/N-ethyl adjacent to an activating group) is 1. The highest BCUT2D eigenvalue weighted by molar-refractivity contribution is 8.04. The summed E-state index contributed by atoms with van der Waals surface area (Å²) in [5.74, 6) is 0.994. The van der Waals surface area contributed by atoms with E-state index in [1.54, 1.807) is 6.20 Å². The molecule has 1 aromatic heterocycles. The molecule has 1 heterocycles. The van der Waals surface area contributed by atoms with Crippen molar-refractivity contribution in [1.82, 2.24) is 9.88 Å². The number of amides is 1. The molecule has 0 radical (unpaired) electrons. The molecule has 1 aliphatic carbocycles. The van der Waals surface area contributed by atoms with E-state index in [1.165, 1.54) is 12.8 Å². The van der Waals surface area contributed by atoms with Crippen molar-refractivity contribution >= 4 is 29.4 Å². The summed E-state index contributed by atoms with van der Waals surface area (Å²) in [4.78, 5) is 20.3. The van der Waals surface area contributed by atoms with Gasteiger partial charge in [0, 0.05) is 58.4 Å². The maximum absolute atomic E-state index is 13.0. The maximum Gasteiger partial charge on any atom is 0.232 e. The van der Waals surface area contributed by atoms with Crippen LogP contribution in [-0.2, 0) is 11.2 Å². The second kappa shape index (κ2) is 13.9. The van der Waals surface area contributed by atoms with E-state index in [2.05, 4.69) is 17.1 Å². The number of phenolic OH excluding ortho intramolecular Hbond substituents is 1. The van der Waals surface area contributed by atoms with E-state index in [0.717, 1.165) is 52.1 Å². The molecule has 6 heteroatoms. The monoisotopic (exact) mass is 568 g/mol. The van der Waals surface area contributed by atoms with Crippen molar-refractivity contribution in [3.05, 3.63) is 103 Å². The van der Waals surface area contributed by atoms with E-state index < -0.39 is 0 Å². The Hall–Kier alpha value is -3.22. The van der Waals surface area contributed by atoms with Crippen LogP contribution in [0, 0.1) is 0 Å². The van der Waals surface area contributed by atoms with Crippen molar-refractivity contribution in [3.63, 3.8) is 0 Å². The van der Waals surface area contributed by atoms with E-state index in [0.29, 0.717) is 28.5 Å². The zero-order valence-electron chi connectivity index (χ0n) is 22.9. The Morgan fingerprint density at radius 2 is 1.48 bits per heavy atom. The number of hydrogen-bond acceptors (Lipinski definition) is 5. The largest absolute Gasteiger partial charge is 0.507 e. The molecule has 1 aliphatic rings. The smallest absolute Gasteiger partial charge is 0.232 e. The second-order valence-corrected chi connectivity index (χ2v) is 12.8. The minimum atomic E-state index is 0.178. The van der Waals surface area contributed by atoms with Gasteiger partial charge in [-0.15, -0.1) is 23.5 Å². The van der Waals surface area contributed by atoms with Gasteiger partial charge in [0.2, 0.25) is 5.91 Å². The second-order valence-electron chi connectivity index (χ2n) is 10.3. The first-order valence-corrected chi connectivity index (χ1v) is 15.9. The van der Waals surface area contributed by atoms with E-state index in [9.17, 15) is 9.90 Å². The third-order valence-electron chi connectivity index (χ3n) is 7.46. The van der Waals surface area contributed by atoms with Gasteiger partial charge in [-0.3, -0.25) is 9.78 Å². The Bertz CT molecular complexity index is 1320. The number of aromatic nitrogens is 1. The standard InChI is InChI=1S/C34H36N2O2S2/c1-36(21-19-27-16-10-11-20-35-27)33(37)24-39-31-17-8-9-18-32(31)40-28-22-29(25-12-4-2-5-13-25)34(38)30(23-28)26-14-6-3-7-15-26/h2-7,10-16,20,22-23,31-32,38H,8-9,17-19,21,24H2,1H3/t31-,32-/m1/s1. The van der Waals surface area contributed by atoms with Crippen LogP contribution >= 0.6 is 23.5 Å². The van der Waals surface area contributed by atoms with Gasteiger partial charge in [-0.25, -0.2) is 0 Å². The molecule has 40 heavy (non-hydrogen) atoms. The highest BCUT2D eigenvalue weighted by Gasteiger charge is 2.28. The summed E-state index contributed by atoms with van der Waals surface area (Å²) in [6, 6.07) is 30.4. The first kappa shape index (κ1) is 28.3. The molecule has 0 bridgehead atoms. The zero-order valence-corrected chi connectivity index (χ0v) is 24.5. The van der Waals surface area contributed by atoms with E-state index >= 15 is 0 Å². The quantitative estimate of drug-likeness (QED) is 0.210. The number of aromatic hydroxyl groups is 1. The van der Waals surface area contributed by atoms with Gasteiger partial charge in [0.15, 0.2) is 0 Å². The summed E-state index contributed by atoms with van der Waals surface area (Å²) >= 11 is 3.71. The zero-order chi connectivity index (χ0) is 27.7. The number of carbonyl (C=O) groups excluding carboxylic acids is 1. The van der Waals surface area contributed by atoms with Gasteiger partial charge >= 0.3 is 0 Å². The van der Waals surface area contributed by atoms with Crippen molar-refractivity contribution in [1.29, 1.82) is 0 Å². The number of phenols is 1. The van der Waals surface area contributed by atoms with Crippen LogP contribution in [-0.4, -0.2) is 50.7 Å². The minimum absolute atomic E-state index is 0.178. The highest BCUT2D eigenvalue weighted by atomic mass is 32.2. The molecule has 3 aromatic carbocycles. The molecular formula is C34H36N2O2S2. The van der Waals surface area contributed by atoms with Crippen molar-refractivity contribution < 1.29 is 9.90 Å². The minimum Gasteiger partial charge on any atom is -0.507 e. The Morgan fingerprint density at radius 3 is 2.08 bits per heavy atom. The van der Waals surface area contributed by atoms with Crippen molar-refractivity contribution in [2.45, 2.75) is 47.5 Å². The average Bonchev–Trinajstić information content (AvgIpc) is 3.01. The fourth-order valence-corrected chi connectivity index (χ4v) is 8.11. The third kappa shape index (κ3) is 7.29. The van der Waals surface area contributed by atoms with Crippen LogP contribution in [0.4, 0.5) is 0 Å². The van der Waals surface area contributed by atoms with Crippen molar-refractivity contribution in [2.75, 3.05) is 19.3 Å². The molecule has 1 amide bonds. The first-order valence-electron chi connectivity index (χ1n) is 14.0. The third-order valence-corrected chi connectivity index (χ3v) is 10.4. The number of nitrogens with zero attached hydrogens (tertiary/aromatic N) is 2. The van der Waals surface area contributed by atoms with Gasteiger partial charge in [-0.1, -0.05) is 79.6 Å². The van der Waals surface area contributed by atoms with Gasteiger partial charge in [-0.2, -0.15) is 0 Å². The van der Waals surface area contributed by atoms with Crippen LogP contribution in [0.2, 0.25) is 0 Å². The van der Waals surface area contributed by atoms with Gasteiger partial charge in [0.25, 0.3) is 0 Å². The molecule has 4 aromatic rings. The molecule has 1 N–H and O–H groups in total. The van der Waals surface area contributed by atoms with Crippen LogP contribution in [0.3, 0.4) is 0 Å². The predicted molar refractivity (Wildman–Crippen MR) is 169 cm³/mol. The Kier molecular flexibility index (Phi) is 9.85. The summed E-state index contributed by atoms with van der Waals surface area (Å²) < 4.78 is 0. The predicted octanol–water partition coefficient (Wildman–Crippen LogP) is 7.96. The molecule has 1 fully saturated rings. The molecule has 2 atom stereocenters. The number of hydrogen-bond donors (Lipinski definition) is 1. The van der Waals surface area contributed by atoms with Gasteiger partial charge in [0.05, 0.1) is 5.75 Å². The first-order chi connectivity index (χ1) is 19.6. The SMILES string of the molecule is CN(CCc1ccccn1)C(=O)CS[C@@H]1CCCC[C@H]1Sc1cc(-c2ccccc2)c(O)c(-c2ccccc2)c1. The highest BCUT2D eigenvalue weighted by Crippen LogP contribution is 2.45. The molecule has 1 saturated carbocycles. The number of benzene rings is 3. The number of rotatable bonds is 10. The lowest BCUT2D eigenvalue weighted by molar-refractivity contribution is -0.127. The Morgan fingerprint density at radius 1 is 0.875 bits per heavy atom. The number of thioether (sulfide) groups is 2. The fraction of sp³-hybridized carbons (Fsp3) is 0.294. The molecular weight excluding hydrogens is 533 g/mol. The molecule has 4 nitrogen and oxygen atoms in total. The summed E-state index contributed by atoms with van der Waals surface area (Å²) in [7, 11) is 1.89. The van der Waals surface area contributed by atoms with Gasteiger partial charge < -0.3 is 10.0 Å². The van der Waals surface area contributed by atoms with Gasteiger partial charge in [0.1, 0.15) is 5.75 Å². The number of pyridine rings is 1. The Labute approximate surface area is 246 Å². The van der Waals surface area contributed by atoms with Crippen molar-refractivity contribution in [2.24, 2.45) is 0 Å². The van der Waals surface area contributed by atoms with Crippen LogP contribution < -0.4 is 0 Å².